The molecule has 2 aromatic carbocycles. The molecule has 0 saturated carbocycles. The fourth-order valence-corrected chi connectivity index (χ4v) is 2.98. The van der Waals surface area contributed by atoms with Crippen molar-refractivity contribution in [2.45, 2.75) is 11.8 Å². The zero-order valence-corrected chi connectivity index (χ0v) is 13.9. The third kappa shape index (κ3) is 3.29. The molecular formula is C18H17N3O2S. The van der Waals surface area contributed by atoms with Crippen LogP contribution in [-0.2, 0) is 10.0 Å². The topological polar surface area (TPSA) is 78.0 Å². The molecule has 0 aliphatic carbocycles. The molecule has 3 aromatic rings. The Hall–Kier alpha value is -2.70. The lowest BCUT2D eigenvalue weighted by Crippen LogP contribution is -2.11. The molecule has 0 bridgehead atoms. The van der Waals surface area contributed by atoms with Crippen molar-refractivity contribution in [3.8, 4) is 22.4 Å². The minimum Gasteiger partial charge on any atom is -0.247 e. The summed E-state index contributed by atoms with van der Waals surface area (Å²) in [7, 11) is -3.70. The fraction of sp³-hybridized carbons (Fsp3) is 0.0556. The van der Waals surface area contributed by atoms with Crippen LogP contribution in [0.4, 0.5) is 0 Å². The Kier molecular flexibility index (Phi) is 4.33. The van der Waals surface area contributed by atoms with Gasteiger partial charge in [0.2, 0.25) is 10.0 Å². The minimum atomic E-state index is -3.70. The lowest BCUT2D eigenvalue weighted by atomic mass is 10.0. The van der Waals surface area contributed by atoms with E-state index in [4.69, 9.17) is 5.14 Å². The van der Waals surface area contributed by atoms with Gasteiger partial charge in [-0.1, -0.05) is 48.5 Å². The van der Waals surface area contributed by atoms with Crippen molar-refractivity contribution in [1.29, 1.82) is 0 Å². The van der Waals surface area contributed by atoms with Crippen LogP contribution in [0.2, 0.25) is 0 Å². The van der Waals surface area contributed by atoms with Crippen molar-refractivity contribution in [3.63, 3.8) is 0 Å². The van der Waals surface area contributed by atoms with Crippen LogP contribution in [0, 0.1) is 0 Å². The van der Waals surface area contributed by atoms with E-state index in [1.165, 1.54) is 12.1 Å². The molecule has 6 heteroatoms. The summed E-state index contributed by atoms with van der Waals surface area (Å²) in [5.41, 5.74) is 3.61. The van der Waals surface area contributed by atoms with Crippen LogP contribution in [0.25, 0.3) is 28.6 Å². The van der Waals surface area contributed by atoms with Gasteiger partial charge >= 0.3 is 0 Å². The number of rotatable bonds is 4. The first-order valence-electron chi connectivity index (χ1n) is 7.39. The fourth-order valence-electron chi connectivity index (χ4n) is 2.47. The molecule has 0 saturated heterocycles. The Morgan fingerprint density at radius 3 is 2.25 bits per heavy atom. The van der Waals surface area contributed by atoms with Gasteiger partial charge in [-0.05, 0) is 24.6 Å². The minimum absolute atomic E-state index is 0.0837. The van der Waals surface area contributed by atoms with E-state index in [0.717, 1.165) is 22.4 Å². The van der Waals surface area contributed by atoms with E-state index < -0.39 is 10.0 Å². The summed E-state index contributed by atoms with van der Waals surface area (Å²) >= 11 is 0. The number of hydrogen-bond donors (Lipinski definition) is 1. The number of nitrogens with zero attached hydrogens (tertiary/aromatic N) is 2. The van der Waals surface area contributed by atoms with E-state index in [2.05, 4.69) is 5.10 Å². The summed E-state index contributed by atoms with van der Waals surface area (Å²) in [5.74, 6) is 0. The normalized spacial score (nSPS) is 11.9. The molecule has 122 valence electrons. The number of benzene rings is 2. The van der Waals surface area contributed by atoms with E-state index >= 15 is 0 Å². The molecule has 5 nitrogen and oxygen atoms in total. The van der Waals surface area contributed by atoms with Crippen molar-refractivity contribution >= 4 is 16.2 Å². The van der Waals surface area contributed by atoms with Crippen LogP contribution in [0.3, 0.4) is 0 Å². The molecule has 1 aromatic heterocycles. The molecule has 0 aliphatic rings. The van der Waals surface area contributed by atoms with E-state index in [1.54, 1.807) is 16.8 Å². The first-order chi connectivity index (χ1) is 11.5. The zero-order chi connectivity index (χ0) is 17.2. The molecule has 24 heavy (non-hydrogen) atoms. The second kappa shape index (κ2) is 6.43. The predicted molar refractivity (Wildman–Crippen MR) is 95.5 cm³/mol. The molecule has 2 N–H and O–H groups in total. The van der Waals surface area contributed by atoms with E-state index in [9.17, 15) is 8.42 Å². The molecule has 0 atom stereocenters. The summed E-state index contributed by atoms with van der Waals surface area (Å²) in [5, 5.41) is 9.74. The highest BCUT2D eigenvalue weighted by molar-refractivity contribution is 7.89. The number of nitrogens with two attached hydrogens (primary N) is 1. The van der Waals surface area contributed by atoms with Gasteiger partial charge < -0.3 is 0 Å². The molecule has 0 unspecified atom stereocenters. The second-order valence-corrected chi connectivity index (χ2v) is 6.85. The van der Waals surface area contributed by atoms with Crippen molar-refractivity contribution < 1.29 is 8.42 Å². The number of sulfonamides is 1. The van der Waals surface area contributed by atoms with Gasteiger partial charge in [0.1, 0.15) is 5.69 Å². The Labute approximate surface area is 141 Å². The van der Waals surface area contributed by atoms with E-state index in [1.807, 2.05) is 55.7 Å². The molecule has 0 radical (unpaired) electrons. The Morgan fingerprint density at radius 1 is 1.00 bits per heavy atom. The maximum atomic E-state index is 11.4. The van der Waals surface area contributed by atoms with Gasteiger partial charge in [0.25, 0.3) is 0 Å². The van der Waals surface area contributed by atoms with Gasteiger partial charge in [0, 0.05) is 23.5 Å². The summed E-state index contributed by atoms with van der Waals surface area (Å²) in [6, 6.07) is 16.3. The largest absolute Gasteiger partial charge is 0.247 e. The maximum Gasteiger partial charge on any atom is 0.238 e. The highest BCUT2D eigenvalue weighted by Crippen LogP contribution is 2.31. The molecule has 1 heterocycles. The van der Waals surface area contributed by atoms with Gasteiger partial charge in [-0.3, -0.25) is 0 Å². The standard InChI is InChI=1S/C18H17N3O2S/c1-2-12-21-13-17(14-6-4-3-5-7-14)18(20-21)15-8-10-16(11-9-15)24(19,22)23/h2-13H,1H3,(H2,19,22,23)/b12-2+. The van der Waals surface area contributed by atoms with Crippen LogP contribution < -0.4 is 5.14 Å². The average molecular weight is 339 g/mol. The average Bonchev–Trinajstić information content (AvgIpc) is 2.99. The number of hydrogen-bond acceptors (Lipinski definition) is 3. The predicted octanol–water partition coefficient (Wildman–Crippen LogP) is 3.36. The molecule has 0 fully saturated rings. The quantitative estimate of drug-likeness (QED) is 0.792. The molecule has 3 rings (SSSR count). The van der Waals surface area contributed by atoms with Crippen LogP contribution >= 0.6 is 0 Å². The van der Waals surface area contributed by atoms with Gasteiger partial charge in [0.15, 0.2) is 0 Å². The van der Waals surface area contributed by atoms with Crippen molar-refractivity contribution in [2.24, 2.45) is 5.14 Å². The summed E-state index contributed by atoms with van der Waals surface area (Å²) in [6.07, 6.45) is 5.70. The Balaban J connectivity index is 2.13. The van der Waals surface area contributed by atoms with Crippen LogP contribution in [0.1, 0.15) is 6.92 Å². The number of allylic oxidation sites excluding steroid dienone is 1. The summed E-state index contributed by atoms with van der Waals surface area (Å²) in [6.45, 7) is 1.92. The smallest absolute Gasteiger partial charge is 0.238 e. The Morgan fingerprint density at radius 2 is 1.67 bits per heavy atom. The van der Waals surface area contributed by atoms with Crippen molar-refractivity contribution in [3.05, 3.63) is 66.9 Å². The van der Waals surface area contributed by atoms with E-state index in [0.29, 0.717) is 0 Å². The Bertz CT molecular complexity index is 973. The van der Waals surface area contributed by atoms with E-state index in [-0.39, 0.29) is 4.90 Å². The highest BCUT2D eigenvalue weighted by atomic mass is 32.2. The lowest BCUT2D eigenvalue weighted by molar-refractivity contribution is 0.598. The number of aromatic nitrogens is 2. The first-order valence-corrected chi connectivity index (χ1v) is 8.94. The van der Waals surface area contributed by atoms with Crippen molar-refractivity contribution in [1.82, 2.24) is 9.78 Å². The second-order valence-electron chi connectivity index (χ2n) is 5.29. The third-order valence-corrected chi connectivity index (χ3v) is 4.50. The van der Waals surface area contributed by atoms with Gasteiger partial charge in [-0.25, -0.2) is 18.2 Å². The van der Waals surface area contributed by atoms with Crippen LogP contribution in [-0.4, -0.2) is 18.2 Å². The molecule has 0 spiro atoms. The lowest BCUT2D eigenvalue weighted by Gasteiger charge is -2.04. The van der Waals surface area contributed by atoms with Crippen LogP contribution in [0.15, 0.2) is 71.8 Å². The summed E-state index contributed by atoms with van der Waals surface area (Å²) < 4.78 is 24.6. The molecule has 0 amide bonds. The van der Waals surface area contributed by atoms with Gasteiger partial charge in [0.05, 0.1) is 4.90 Å². The first kappa shape index (κ1) is 16.2. The highest BCUT2D eigenvalue weighted by Gasteiger charge is 2.14. The molecule has 0 aliphatic heterocycles. The summed E-state index contributed by atoms with van der Waals surface area (Å²) in [4.78, 5) is 0.0837. The van der Waals surface area contributed by atoms with Crippen molar-refractivity contribution in [2.75, 3.05) is 0 Å². The molecular weight excluding hydrogens is 322 g/mol. The third-order valence-electron chi connectivity index (χ3n) is 3.57. The zero-order valence-electron chi connectivity index (χ0n) is 13.1. The SMILES string of the molecule is C/C=C/n1cc(-c2ccccc2)c(-c2ccc(S(N)(=O)=O)cc2)n1. The number of primary sulfonamides is 1. The maximum absolute atomic E-state index is 11.4. The van der Waals surface area contributed by atoms with Gasteiger partial charge in [-0.15, -0.1) is 0 Å². The van der Waals surface area contributed by atoms with Crippen LogP contribution in [0.5, 0.6) is 0 Å². The monoisotopic (exact) mass is 339 g/mol. The van der Waals surface area contributed by atoms with Gasteiger partial charge in [-0.2, -0.15) is 5.10 Å².